The molecule has 0 saturated carbocycles. The van der Waals surface area contributed by atoms with Crippen LogP contribution in [-0.4, -0.2) is 36.7 Å². The van der Waals surface area contributed by atoms with Gasteiger partial charge in [-0.05, 0) is 52.0 Å². The Kier molecular flexibility index (Phi) is 8.33. The molecule has 1 aliphatic heterocycles. The van der Waals surface area contributed by atoms with Gasteiger partial charge < -0.3 is 10.6 Å². The molecule has 2 nitrogen and oxygen atoms in total. The third-order valence-corrected chi connectivity index (χ3v) is 4.79. The first-order valence-corrected chi connectivity index (χ1v) is 8.50. The Morgan fingerprint density at radius 2 is 2.12 bits per heavy atom. The van der Waals surface area contributed by atoms with Gasteiger partial charge in [0.15, 0.2) is 0 Å². The van der Waals surface area contributed by atoms with Crippen LogP contribution in [0.2, 0.25) is 0 Å². The van der Waals surface area contributed by atoms with E-state index in [2.05, 4.69) is 30.7 Å². The van der Waals surface area contributed by atoms with E-state index in [1.807, 2.05) is 11.8 Å². The van der Waals surface area contributed by atoms with Crippen molar-refractivity contribution in [2.24, 2.45) is 0 Å². The van der Waals surface area contributed by atoms with Gasteiger partial charge in [-0.25, -0.2) is 0 Å². The fraction of sp³-hybridized carbons (Fsp3) is 1.00. The molecule has 0 aromatic rings. The van der Waals surface area contributed by atoms with E-state index in [9.17, 15) is 0 Å². The number of nitrogens with one attached hydrogen (secondary N) is 2. The summed E-state index contributed by atoms with van der Waals surface area (Å²) in [6.07, 6.45) is 10.3. The Morgan fingerprint density at radius 3 is 2.88 bits per heavy atom. The highest BCUT2D eigenvalue weighted by molar-refractivity contribution is 7.99. The van der Waals surface area contributed by atoms with Crippen molar-refractivity contribution in [3.05, 3.63) is 0 Å². The molecule has 1 saturated heterocycles. The maximum absolute atomic E-state index is 3.68. The third-order valence-electron chi connectivity index (χ3n) is 3.75. The molecule has 1 heterocycles. The van der Waals surface area contributed by atoms with Crippen LogP contribution in [0.3, 0.4) is 0 Å². The van der Waals surface area contributed by atoms with E-state index in [-0.39, 0.29) is 0 Å². The van der Waals surface area contributed by atoms with Crippen LogP contribution in [0.15, 0.2) is 0 Å². The Hall–Kier alpha value is 0.270. The Balaban J connectivity index is 2.08. The van der Waals surface area contributed by atoms with Crippen molar-refractivity contribution in [3.63, 3.8) is 0 Å². The first-order chi connectivity index (χ1) is 8.22. The smallest absolute Gasteiger partial charge is 0.00817 e. The van der Waals surface area contributed by atoms with E-state index in [1.165, 1.54) is 45.1 Å². The highest BCUT2D eigenvalue weighted by atomic mass is 32.2. The normalized spacial score (nSPS) is 25.2. The van der Waals surface area contributed by atoms with Gasteiger partial charge in [0.05, 0.1) is 0 Å². The molecule has 0 amide bonds. The quantitative estimate of drug-likeness (QED) is 0.734. The zero-order valence-electron chi connectivity index (χ0n) is 11.8. The maximum atomic E-state index is 3.68. The van der Waals surface area contributed by atoms with Crippen molar-refractivity contribution < 1.29 is 0 Å². The predicted molar refractivity (Wildman–Crippen MR) is 79.9 cm³/mol. The second-order valence-corrected chi connectivity index (χ2v) is 6.70. The highest BCUT2D eigenvalue weighted by Gasteiger charge is 2.14. The number of hydrogen-bond donors (Lipinski definition) is 2. The van der Waals surface area contributed by atoms with Gasteiger partial charge in [-0.15, -0.1) is 0 Å². The zero-order valence-corrected chi connectivity index (χ0v) is 12.6. The molecule has 17 heavy (non-hydrogen) atoms. The maximum Gasteiger partial charge on any atom is 0.00817 e. The zero-order chi connectivity index (χ0) is 12.5. The van der Waals surface area contributed by atoms with Crippen LogP contribution < -0.4 is 10.6 Å². The molecular weight excluding hydrogens is 228 g/mol. The van der Waals surface area contributed by atoms with Crippen molar-refractivity contribution in [2.75, 3.05) is 19.3 Å². The first-order valence-electron chi connectivity index (χ1n) is 7.22. The molecule has 0 spiro atoms. The van der Waals surface area contributed by atoms with E-state index in [0.717, 1.165) is 17.8 Å². The molecule has 0 bridgehead atoms. The molecule has 2 N–H and O–H groups in total. The van der Waals surface area contributed by atoms with Crippen LogP contribution in [0.25, 0.3) is 0 Å². The number of rotatable bonds is 7. The SMILES string of the molecule is CSC(C)CCNC(C)CC1CCCCCN1. The molecular formula is C14H30N2S. The molecule has 3 unspecified atom stereocenters. The minimum absolute atomic E-state index is 0.652. The highest BCUT2D eigenvalue weighted by Crippen LogP contribution is 2.13. The predicted octanol–water partition coefficient (Wildman–Crippen LogP) is 3.03. The van der Waals surface area contributed by atoms with Crippen molar-refractivity contribution in [3.8, 4) is 0 Å². The minimum Gasteiger partial charge on any atom is -0.314 e. The van der Waals surface area contributed by atoms with Crippen LogP contribution >= 0.6 is 11.8 Å². The molecule has 0 radical (unpaired) electrons. The van der Waals surface area contributed by atoms with Crippen LogP contribution in [0.5, 0.6) is 0 Å². The number of thioether (sulfide) groups is 1. The lowest BCUT2D eigenvalue weighted by atomic mass is 10.0. The Labute approximate surface area is 112 Å². The monoisotopic (exact) mass is 258 g/mol. The molecule has 102 valence electrons. The molecule has 1 rings (SSSR count). The van der Waals surface area contributed by atoms with E-state index in [1.54, 1.807) is 0 Å². The lowest BCUT2D eigenvalue weighted by Crippen LogP contribution is -2.37. The van der Waals surface area contributed by atoms with Crippen LogP contribution in [0.1, 0.15) is 52.4 Å². The topological polar surface area (TPSA) is 24.1 Å². The van der Waals surface area contributed by atoms with Crippen molar-refractivity contribution in [1.82, 2.24) is 10.6 Å². The standard InChI is InChI=1S/C14H30N2S/c1-12(15-10-8-13(2)17-3)11-14-7-5-4-6-9-16-14/h12-16H,4-11H2,1-3H3. The van der Waals surface area contributed by atoms with Crippen molar-refractivity contribution >= 4 is 11.8 Å². The van der Waals surface area contributed by atoms with Crippen LogP contribution in [0, 0.1) is 0 Å². The van der Waals surface area contributed by atoms with Gasteiger partial charge in [0, 0.05) is 17.3 Å². The molecule has 3 heteroatoms. The van der Waals surface area contributed by atoms with Crippen LogP contribution in [0.4, 0.5) is 0 Å². The van der Waals surface area contributed by atoms with Gasteiger partial charge in [-0.3, -0.25) is 0 Å². The van der Waals surface area contributed by atoms with Crippen LogP contribution in [-0.2, 0) is 0 Å². The summed E-state index contributed by atoms with van der Waals surface area (Å²) in [6, 6.07) is 1.40. The second-order valence-electron chi connectivity index (χ2n) is 5.43. The largest absolute Gasteiger partial charge is 0.314 e. The first kappa shape index (κ1) is 15.3. The summed E-state index contributed by atoms with van der Waals surface area (Å²) in [7, 11) is 0. The summed E-state index contributed by atoms with van der Waals surface area (Å²) in [5, 5.41) is 8.12. The summed E-state index contributed by atoms with van der Waals surface area (Å²) in [5.74, 6) is 0. The molecule has 0 aliphatic carbocycles. The summed E-state index contributed by atoms with van der Waals surface area (Å²) in [6.45, 7) is 7.02. The molecule has 0 aromatic heterocycles. The lowest BCUT2D eigenvalue weighted by molar-refractivity contribution is 0.402. The fourth-order valence-corrected chi connectivity index (χ4v) is 2.82. The average molecular weight is 258 g/mol. The summed E-state index contributed by atoms with van der Waals surface area (Å²) in [5.41, 5.74) is 0. The minimum atomic E-state index is 0.652. The van der Waals surface area contributed by atoms with Gasteiger partial charge in [-0.2, -0.15) is 11.8 Å². The van der Waals surface area contributed by atoms with E-state index < -0.39 is 0 Å². The molecule has 0 aromatic carbocycles. The molecule has 1 fully saturated rings. The number of hydrogen-bond acceptors (Lipinski definition) is 3. The summed E-state index contributed by atoms with van der Waals surface area (Å²) >= 11 is 1.96. The van der Waals surface area contributed by atoms with Gasteiger partial charge in [0.2, 0.25) is 0 Å². The lowest BCUT2D eigenvalue weighted by Gasteiger charge is -2.22. The second kappa shape index (κ2) is 9.23. The third kappa shape index (κ3) is 7.32. The van der Waals surface area contributed by atoms with E-state index in [4.69, 9.17) is 0 Å². The van der Waals surface area contributed by atoms with E-state index in [0.29, 0.717) is 6.04 Å². The molecule has 1 aliphatic rings. The Bertz CT molecular complexity index is 179. The van der Waals surface area contributed by atoms with Gasteiger partial charge in [0.1, 0.15) is 0 Å². The van der Waals surface area contributed by atoms with Gasteiger partial charge in [0.25, 0.3) is 0 Å². The summed E-state index contributed by atoms with van der Waals surface area (Å²) in [4.78, 5) is 0. The average Bonchev–Trinajstić information content (AvgIpc) is 2.57. The van der Waals surface area contributed by atoms with Gasteiger partial charge in [-0.1, -0.05) is 19.8 Å². The van der Waals surface area contributed by atoms with Gasteiger partial charge >= 0.3 is 0 Å². The summed E-state index contributed by atoms with van der Waals surface area (Å²) < 4.78 is 0. The van der Waals surface area contributed by atoms with Crippen molar-refractivity contribution in [1.29, 1.82) is 0 Å². The van der Waals surface area contributed by atoms with Crippen molar-refractivity contribution in [2.45, 2.75) is 69.7 Å². The van der Waals surface area contributed by atoms with E-state index >= 15 is 0 Å². The fourth-order valence-electron chi connectivity index (χ4n) is 2.46. The Morgan fingerprint density at radius 1 is 1.29 bits per heavy atom. The molecule has 3 atom stereocenters.